The third kappa shape index (κ3) is 5.04. The fourth-order valence-corrected chi connectivity index (χ4v) is 3.52. The van der Waals surface area contributed by atoms with Gasteiger partial charge in [-0.15, -0.1) is 20.4 Å². The maximum Gasteiger partial charge on any atom is 0.236 e. The number of aryl methyl sites for hydroxylation is 3. The maximum atomic E-state index is 12.0. The highest BCUT2D eigenvalue weighted by atomic mass is 32.2. The lowest BCUT2D eigenvalue weighted by molar-refractivity contribution is -0.113. The Morgan fingerprint density at radius 2 is 2.00 bits per heavy atom. The van der Waals surface area contributed by atoms with Gasteiger partial charge in [-0.1, -0.05) is 29.2 Å². The summed E-state index contributed by atoms with van der Waals surface area (Å²) in [5.74, 6) is 1.53. The Kier molecular flexibility index (Phi) is 6.07. The molecule has 0 atom stereocenters. The van der Waals surface area contributed by atoms with Crippen LogP contribution in [0.4, 0.5) is 5.13 Å². The average molecular weight is 405 g/mol. The summed E-state index contributed by atoms with van der Waals surface area (Å²) in [4.78, 5) is 12.0. The SMILES string of the molecule is Cc1nnc(NC(=O)CSc2nnc(COc3ccc(C)c(C)c3)n2C)s1. The lowest BCUT2D eigenvalue weighted by Gasteiger charge is -2.08. The van der Waals surface area contributed by atoms with E-state index < -0.39 is 0 Å². The number of carbonyl (C=O) groups excluding carboxylic acids is 1. The van der Waals surface area contributed by atoms with Crippen LogP contribution in [0.1, 0.15) is 22.0 Å². The van der Waals surface area contributed by atoms with Crippen molar-refractivity contribution < 1.29 is 9.53 Å². The van der Waals surface area contributed by atoms with Crippen LogP contribution in [-0.4, -0.2) is 36.6 Å². The van der Waals surface area contributed by atoms with Crippen LogP contribution in [0.2, 0.25) is 0 Å². The highest BCUT2D eigenvalue weighted by Crippen LogP contribution is 2.20. The van der Waals surface area contributed by atoms with Crippen molar-refractivity contribution in [2.75, 3.05) is 11.1 Å². The Morgan fingerprint density at radius 1 is 1.19 bits per heavy atom. The molecule has 2 aromatic heterocycles. The third-order valence-electron chi connectivity index (χ3n) is 3.88. The number of carbonyl (C=O) groups is 1. The Balaban J connectivity index is 1.53. The number of benzene rings is 1. The van der Waals surface area contributed by atoms with Crippen LogP contribution in [-0.2, 0) is 18.4 Å². The Hall–Kier alpha value is -2.46. The zero-order chi connectivity index (χ0) is 19.4. The van der Waals surface area contributed by atoms with E-state index in [0.717, 1.165) is 10.8 Å². The fraction of sp³-hybridized carbons (Fsp3) is 0.353. The van der Waals surface area contributed by atoms with Crippen LogP contribution in [0.5, 0.6) is 5.75 Å². The van der Waals surface area contributed by atoms with Crippen LogP contribution in [0.3, 0.4) is 0 Å². The number of nitrogens with one attached hydrogen (secondary N) is 1. The molecule has 27 heavy (non-hydrogen) atoms. The topological polar surface area (TPSA) is 94.8 Å². The molecule has 0 aliphatic rings. The summed E-state index contributed by atoms with van der Waals surface area (Å²) in [6.07, 6.45) is 0. The molecule has 0 aliphatic carbocycles. The number of rotatable bonds is 7. The van der Waals surface area contributed by atoms with Crippen LogP contribution in [0.25, 0.3) is 0 Å². The van der Waals surface area contributed by atoms with Crippen molar-refractivity contribution >= 4 is 34.1 Å². The van der Waals surface area contributed by atoms with Gasteiger partial charge >= 0.3 is 0 Å². The van der Waals surface area contributed by atoms with E-state index in [0.29, 0.717) is 22.7 Å². The number of amides is 1. The number of aromatic nitrogens is 5. The molecule has 8 nitrogen and oxygen atoms in total. The average Bonchev–Trinajstić information content (AvgIpc) is 3.20. The van der Waals surface area contributed by atoms with Crippen molar-refractivity contribution in [2.45, 2.75) is 32.5 Å². The van der Waals surface area contributed by atoms with Crippen LogP contribution >= 0.6 is 23.1 Å². The van der Waals surface area contributed by atoms with Gasteiger partial charge < -0.3 is 9.30 Å². The Morgan fingerprint density at radius 3 is 2.70 bits per heavy atom. The van der Waals surface area contributed by atoms with Gasteiger partial charge in [-0.05, 0) is 44.0 Å². The van der Waals surface area contributed by atoms with Gasteiger partial charge in [-0.3, -0.25) is 10.1 Å². The second-order valence-electron chi connectivity index (χ2n) is 5.96. The predicted octanol–water partition coefficient (Wildman–Crippen LogP) is 2.90. The minimum absolute atomic E-state index is 0.160. The lowest BCUT2D eigenvalue weighted by atomic mass is 10.1. The highest BCUT2D eigenvalue weighted by Gasteiger charge is 2.13. The van der Waals surface area contributed by atoms with Crippen molar-refractivity contribution in [1.82, 2.24) is 25.0 Å². The predicted molar refractivity (Wildman–Crippen MR) is 105 cm³/mol. The molecule has 3 rings (SSSR count). The van der Waals surface area contributed by atoms with Crippen molar-refractivity contribution in [1.29, 1.82) is 0 Å². The molecule has 142 valence electrons. The number of anilines is 1. The summed E-state index contributed by atoms with van der Waals surface area (Å²) in [5.41, 5.74) is 2.40. The monoisotopic (exact) mass is 404 g/mol. The zero-order valence-electron chi connectivity index (χ0n) is 15.5. The summed E-state index contributed by atoms with van der Waals surface area (Å²) in [6.45, 7) is 6.26. The molecule has 3 aromatic rings. The van der Waals surface area contributed by atoms with E-state index in [1.54, 1.807) is 0 Å². The van der Waals surface area contributed by atoms with Crippen molar-refractivity contribution in [3.63, 3.8) is 0 Å². The van der Waals surface area contributed by atoms with E-state index in [-0.39, 0.29) is 11.7 Å². The summed E-state index contributed by atoms with van der Waals surface area (Å²) in [6, 6.07) is 5.97. The number of hydrogen-bond donors (Lipinski definition) is 1. The van der Waals surface area contributed by atoms with E-state index in [1.807, 2.05) is 43.7 Å². The molecule has 0 bridgehead atoms. The second-order valence-corrected chi connectivity index (χ2v) is 8.08. The Labute approximate surface area is 165 Å². The van der Waals surface area contributed by atoms with Gasteiger partial charge in [0.05, 0.1) is 5.75 Å². The summed E-state index contributed by atoms with van der Waals surface area (Å²) < 4.78 is 7.63. The minimum atomic E-state index is -0.160. The maximum absolute atomic E-state index is 12.0. The molecule has 1 amide bonds. The first-order chi connectivity index (χ1) is 12.9. The molecule has 0 fully saturated rings. The molecule has 0 saturated heterocycles. The standard InChI is InChI=1S/C17H20N6O2S2/c1-10-5-6-13(7-11(10)2)25-8-14-20-22-17(23(14)4)26-9-15(24)18-16-21-19-12(3)27-16/h5-7H,8-9H2,1-4H3,(H,18,21,24). The number of nitrogens with zero attached hydrogens (tertiary/aromatic N) is 5. The van der Waals surface area contributed by atoms with E-state index in [2.05, 4.69) is 32.6 Å². The smallest absolute Gasteiger partial charge is 0.236 e. The number of hydrogen-bond acceptors (Lipinski definition) is 8. The van der Waals surface area contributed by atoms with Crippen molar-refractivity contribution in [3.8, 4) is 5.75 Å². The van der Waals surface area contributed by atoms with Gasteiger partial charge in [0.15, 0.2) is 11.0 Å². The van der Waals surface area contributed by atoms with Gasteiger partial charge in [0.1, 0.15) is 17.4 Å². The van der Waals surface area contributed by atoms with E-state index in [4.69, 9.17) is 4.74 Å². The first-order valence-corrected chi connectivity index (χ1v) is 10.0. The molecule has 0 aliphatic heterocycles. The van der Waals surface area contributed by atoms with Crippen LogP contribution in [0.15, 0.2) is 23.4 Å². The van der Waals surface area contributed by atoms with Gasteiger partial charge in [0.25, 0.3) is 0 Å². The molecular weight excluding hydrogens is 384 g/mol. The first-order valence-electron chi connectivity index (χ1n) is 8.23. The zero-order valence-corrected chi connectivity index (χ0v) is 17.1. The highest BCUT2D eigenvalue weighted by molar-refractivity contribution is 7.99. The largest absolute Gasteiger partial charge is 0.486 e. The lowest BCUT2D eigenvalue weighted by Crippen LogP contribution is -2.14. The van der Waals surface area contributed by atoms with E-state index >= 15 is 0 Å². The van der Waals surface area contributed by atoms with Gasteiger partial charge in [0.2, 0.25) is 11.0 Å². The summed E-state index contributed by atoms with van der Waals surface area (Å²) in [5, 5.41) is 20.7. The molecule has 0 radical (unpaired) electrons. The minimum Gasteiger partial charge on any atom is -0.486 e. The molecular formula is C17H20N6O2S2. The van der Waals surface area contributed by atoms with Crippen LogP contribution < -0.4 is 10.1 Å². The molecule has 10 heteroatoms. The molecule has 2 heterocycles. The van der Waals surface area contributed by atoms with Gasteiger partial charge in [-0.2, -0.15) is 0 Å². The third-order valence-corrected chi connectivity index (χ3v) is 5.65. The fourth-order valence-electron chi connectivity index (χ4n) is 2.18. The normalized spacial score (nSPS) is 10.8. The van der Waals surface area contributed by atoms with Crippen molar-refractivity contribution in [3.05, 3.63) is 40.2 Å². The van der Waals surface area contributed by atoms with Gasteiger partial charge in [0, 0.05) is 7.05 Å². The quantitative estimate of drug-likeness (QED) is 0.605. The van der Waals surface area contributed by atoms with Crippen molar-refractivity contribution in [2.24, 2.45) is 7.05 Å². The molecule has 1 N–H and O–H groups in total. The Bertz CT molecular complexity index is 953. The molecule has 1 aromatic carbocycles. The molecule has 0 unspecified atom stereocenters. The summed E-state index contributed by atoms with van der Waals surface area (Å²) in [7, 11) is 1.85. The molecule has 0 saturated carbocycles. The second kappa shape index (κ2) is 8.49. The van der Waals surface area contributed by atoms with E-state index in [9.17, 15) is 4.79 Å². The van der Waals surface area contributed by atoms with Gasteiger partial charge in [-0.25, -0.2) is 0 Å². The number of ether oxygens (including phenoxy) is 1. The summed E-state index contributed by atoms with van der Waals surface area (Å²) >= 11 is 2.64. The van der Waals surface area contributed by atoms with E-state index in [1.165, 1.54) is 34.2 Å². The first kappa shape index (κ1) is 19.3. The molecule has 0 spiro atoms. The number of thioether (sulfide) groups is 1. The van der Waals surface area contributed by atoms with Crippen LogP contribution in [0, 0.1) is 20.8 Å².